The predicted octanol–water partition coefficient (Wildman–Crippen LogP) is 3.40. The van der Waals surface area contributed by atoms with Crippen LogP contribution in [0.15, 0.2) is 18.2 Å². The van der Waals surface area contributed by atoms with Crippen molar-refractivity contribution >= 4 is 34.1 Å². The molecule has 2 atom stereocenters. The zero-order valence-electron chi connectivity index (χ0n) is 22.8. The second-order valence-electron chi connectivity index (χ2n) is 11.9. The van der Waals surface area contributed by atoms with E-state index in [4.69, 9.17) is 9.16 Å². The molecule has 196 valence electrons. The highest BCUT2D eigenvalue weighted by Crippen LogP contribution is 2.56. The molecular weight excluding hydrogens is 469 g/mol. The van der Waals surface area contributed by atoms with Crippen LogP contribution in [0.4, 0.5) is 14.9 Å². The third-order valence-electron chi connectivity index (χ3n) is 6.62. The highest BCUT2D eigenvalue weighted by atomic mass is 28.2. The first kappa shape index (κ1) is 28.8. The molecule has 35 heavy (non-hydrogen) atoms. The third kappa shape index (κ3) is 5.38. The topological polar surface area (TPSA) is 88.2 Å². The van der Waals surface area contributed by atoms with E-state index in [1.807, 2.05) is 34.6 Å². The summed E-state index contributed by atoms with van der Waals surface area (Å²) < 4.78 is 26.6. The summed E-state index contributed by atoms with van der Waals surface area (Å²) in [6, 6.07) is 3.86. The van der Waals surface area contributed by atoms with Crippen LogP contribution in [0, 0.1) is 22.6 Å². The van der Waals surface area contributed by atoms with Gasteiger partial charge in [-0.1, -0.05) is 34.6 Å². The van der Waals surface area contributed by atoms with Crippen LogP contribution in [-0.2, 0) is 14.0 Å². The first-order chi connectivity index (χ1) is 15.8. The van der Waals surface area contributed by atoms with Crippen molar-refractivity contribution in [3.8, 4) is 0 Å². The van der Waals surface area contributed by atoms with Gasteiger partial charge in [0.2, 0.25) is 5.72 Å². The maximum atomic E-state index is 15.0. The minimum atomic E-state index is -1.72. The van der Waals surface area contributed by atoms with E-state index in [1.165, 1.54) is 21.9 Å². The molecule has 0 aromatic heterocycles. The second kappa shape index (κ2) is 9.53. The molecule has 1 fully saturated rings. The third-order valence-corrected chi connectivity index (χ3v) is 7.21. The van der Waals surface area contributed by atoms with E-state index in [0.717, 1.165) is 6.07 Å². The molecule has 1 aliphatic heterocycles. The number of benzene rings is 1. The summed E-state index contributed by atoms with van der Waals surface area (Å²) in [7, 11) is 3.27. The maximum Gasteiger partial charge on any atom is 0.412 e. The van der Waals surface area contributed by atoms with E-state index in [-0.39, 0.29) is 45.5 Å². The van der Waals surface area contributed by atoms with E-state index in [0.29, 0.717) is 0 Å². The van der Waals surface area contributed by atoms with Crippen LogP contribution in [-0.4, -0.2) is 70.2 Å². The Balaban J connectivity index is 2.56. The van der Waals surface area contributed by atoms with Gasteiger partial charge < -0.3 is 19.4 Å². The van der Waals surface area contributed by atoms with Crippen LogP contribution in [0.3, 0.4) is 0 Å². The van der Waals surface area contributed by atoms with Crippen LogP contribution >= 0.6 is 0 Å². The van der Waals surface area contributed by atoms with Crippen molar-refractivity contribution in [1.29, 1.82) is 0 Å². The Kier molecular flexibility index (Phi) is 7.84. The average Bonchev–Trinajstić information content (AvgIpc) is 2.95. The summed E-state index contributed by atoms with van der Waals surface area (Å²) in [5, 5.41) is 2.62. The Morgan fingerprint density at radius 1 is 1.14 bits per heavy atom. The zero-order valence-corrected chi connectivity index (χ0v) is 24.8. The molecule has 0 spiro atoms. The van der Waals surface area contributed by atoms with Gasteiger partial charge in [0.05, 0.1) is 5.69 Å². The normalized spacial score (nSPS) is 22.1. The highest BCUT2D eigenvalue weighted by molar-refractivity contribution is 6.06. The van der Waals surface area contributed by atoms with Crippen LogP contribution in [0.1, 0.15) is 65.7 Å². The molecule has 2 unspecified atom stereocenters. The Morgan fingerprint density at radius 3 is 2.14 bits per heavy atom. The zero-order chi connectivity index (χ0) is 27.1. The Labute approximate surface area is 211 Å². The number of carbonyl (C=O) groups excluding carboxylic acids is 3. The lowest BCUT2D eigenvalue weighted by Gasteiger charge is -2.46. The van der Waals surface area contributed by atoms with E-state index < -0.39 is 34.6 Å². The van der Waals surface area contributed by atoms with Gasteiger partial charge in [0.1, 0.15) is 21.9 Å². The summed E-state index contributed by atoms with van der Waals surface area (Å²) in [6.45, 7) is 15.4. The van der Waals surface area contributed by atoms with E-state index >= 15 is 0 Å². The fourth-order valence-corrected chi connectivity index (χ4v) is 6.03. The van der Waals surface area contributed by atoms with Gasteiger partial charge in [-0.2, -0.15) is 0 Å². The van der Waals surface area contributed by atoms with E-state index in [9.17, 15) is 18.8 Å². The molecule has 1 aliphatic rings. The average molecular weight is 510 g/mol. The molecule has 3 amide bonds. The fraction of sp³-hybridized carbons (Fsp3) is 0.640. The predicted molar refractivity (Wildman–Crippen MR) is 136 cm³/mol. The number of nitrogens with zero attached hydrogens (tertiary/aromatic N) is 2. The van der Waals surface area contributed by atoms with Crippen molar-refractivity contribution in [1.82, 2.24) is 9.80 Å². The molecule has 0 bridgehead atoms. The number of amides is 3. The number of hydrogen-bond acceptors (Lipinski definition) is 5. The molecule has 1 saturated heterocycles. The van der Waals surface area contributed by atoms with Crippen molar-refractivity contribution in [2.24, 2.45) is 16.7 Å². The Morgan fingerprint density at radius 2 is 1.71 bits per heavy atom. The van der Waals surface area contributed by atoms with Crippen LogP contribution in [0.25, 0.3) is 0 Å². The quantitative estimate of drug-likeness (QED) is 0.629. The molecule has 8 nitrogen and oxygen atoms in total. The van der Waals surface area contributed by atoms with Gasteiger partial charge in [-0.25, -0.2) is 9.18 Å². The number of ether oxygens (including phenoxy) is 1. The first-order valence-electron chi connectivity index (χ1n) is 11.7. The fourth-order valence-electron chi connectivity index (χ4n) is 5.10. The number of halogens is 1. The molecule has 10 heteroatoms. The number of rotatable bonds is 4. The molecule has 2 rings (SSSR count). The standard InChI is InChI=1S/C25H40FN3O5Si/c1-22(2,3)18-14-29(21(32)33-23(4,5)6)25(34-35,24(18,7)8)20(31)27-17-12-11-15(13-16(17)26)19(30)28(9)10/h11-13,18H,14H2,1-10,35H3,(H,27,31). The summed E-state index contributed by atoms with van der Waals surface area (Å²) in [5.74, 6) is -1.92. The summed E-state index contributed by atoms with van der Waals surface area (Å²) in [5.41, 5.74) is -3.57. The minimum Gasteiger partial charge on any atom is -0.444 e. The number of hydrogen-bond donors (Lipinski definition) is 1. The molecule has 0 saturated carbocycles. The minimum absolute atomic E-state index is 0.109. The van der Waals surface area contributed by atoms with E-state index in [2.05, 4.69) is 5.32 Å². The monoisotopic (exact) mass is 509 g/mol. The van der Waals surface area contributed by atoms with Gasteiger partial charge in [-0.3, -0.25) is 14.5 Å². The summed E-state index contributed by atoms with van der Waals surface area (Å²) in [4.78, 5) is 42.1. The number of carbonyl (C=O) groups is 3. The lowest BCUT2D eigenvalue weighted by molar-refractivity contribution is -0.162. The van der Waals surface area contributed by atoms with Gasteiger partial charge in [0.25, 0.3) is 11.8 Å². The smallest absolute Gasteiger partial charge is 0.412 e. The molecular formula is C25H40FN3O5Si. The van der Waals surface area contributed by atoms with Crippen LogP contribution in [0.2, 0.25) is 0 Å². The molecule has 0 aliphatic carbocycles. The molecule has 0 radical (unpaired) electrons. The van der Waals surface area contributed by atoms with Gasteiger partial charge in [0, 0.05) is 31.6 Å². The van der Waals surface area contributed by atoms with Crippen LogP contribution < -0.4 is 5.32 Å². The van der Waals surface area contributed by atoms with Crippen molar-refractivity contribution < 1.29 is 27.9 Å². The van der Waals surface area contributed by atoms with Gasteiger partial charge in [0.15, 0.2) is 0 Å². The van der Waals surface area contributed by atoms with Crippen LogP contribution in [0.5, 0.6) is 0 Å². The largest absolute Gasteiger partial charge is 0.444 e. The lowest BCUT2D eigenvalue weighted by Crippen LogP contribution is -2.64. The van der Waals surface area contributed by atoms with Crippen molar-refractivity contribution in [2.75, 3.05) is 26.0 Å². The lowest BCUT2D eigenvalue weighted by atomic mass is 9.64. The summed E-state index contributed by atoms with van der Waals surface area (Å²) in [6.07, 6.45) is -0.671. The number of anilines is 1. The van der Waals surface area contributed by atoms with Crippen molar-refractivity contribution in [3.63, 3.8) is 0 Å². The first-order valence-corrected chi connectivity index (χ1v) is 12.5. The Hall–Kier alpha value is -2.46. The summed E-state index contributed by atoms with van der Waals surface area (Å²) >= 11 is 0. The van der Waals surface area contributed by atoms with Gasteiger partial charge in [-0.15, -0.1) is 0 Å². The molecule has 1 heterocycles. The maximum absolute atomic E-state index is 15.0. The molecule has 1 N–H and O–H groups in total. The van der Waals surface area contributed by atoms with E-state index in [1.54, 1.807) is 34.9 Å². The SMILES string of the molecule is CN(C)C(=O)c1ccc(NC(=O)C2(O[SiH3])N(C(=O)OC(C)(C)C)CC(C(C)(C)C)C2(C)C)c(F)c1. The van der Waals surface area contributed by atoms with Gasteiger partial charge >= 0.3 is 6.09 Å². The number of nitrogens with one attached hydrogen (secondary N) is 1. The van der Waals surface area contributed by atoms with Crippen molar-refractivity contribution in [2.45, 2.75) is 66.7 Å². The highest BCUT2D eigenvalue weighted by Gasteiger charge is 2.68. The molecule has 1 aromatic carbocycles. The number of likely N-dealkylation sites (tertiary alicyclic amines) is 1. The second-order valence-corrected chi connectivity index (χ2v) is 12.3. The molecule has 1 aromatic rings. The Bertz CT molecular complexity index is 1000. The van der Waals surface area contributed by atoms with Crippen molar-refractivity contribution in [3.05, 3.63) is 29.6 Å². The van der Waals surface area contributed by atoms with Gasteiger partial charge in [-0.05, 0) is 50.3 Å².